The molecule has 0 aliphatic carbocycles. The Morgan fingerprint density at radius 1 is 0.323 bits per heavy atom. The minimum absolute atomic E-state index is 0.593. The molecule has 0 atom stereocenters. The first-order valence-corrected chi connectivity index (χ1v) is 20.9. The molecule has 0 amide bonds. The Morgan fingerprint density at radius 3 is 1.53 bits per heavy atom. The highest BCUT2D eigenvalue weighted by Gasteiger charge is 2.22. The van der Waals surface area contributed by atoms with Crippen LogP contribution in [0.3, 0.4) is 0 Å². The Bertz CT molecular complexity index is 3560. The number of rotatable bonds is 7. The summed E-state index contributed by atoms with van der Waals surface area (Å²) >= 11 is 0. The van der Waals surface area contributed by atoms with Crippen molar-refractivity contribution in [2.75, 3.05) is 0 Å². The lowest BCUT2D eigenvalue weighted by Crippen LogP contribution is -2.01. The van der Waals surface area contributed by atoms with Crippen molar-refractivity contribution in [2.24, 2.45) is 0 Å². The monoisotopic (exact) mass is 792 g/mol. The normalized spacial score (nSPS) is 11.5. The third-order valence-corrected chi connectivity index (χ3v) is 11.9. The first-order valence-electron chi connectivity index (χ1n) is 20.9. The van der Waals surface area contributed by atoms with Crippen molar-refractivity contribution < 1.29 is 4.42 Å². The average Bonchev–Trinajstić information content (AvgIpc) is 3.90. The van der Waals surface area contributed by atoms with E-state index in [4.69, 9.17) is 19.4 Å². The highest BCUT2D eigenvalue weighted by atomic mass is 16.3. The lowest BCUT2D eigenvalue weighted by atomic mass is 9.90. The van der Waals surface area contributed by atoms with Crippen LogP contribution in [0.5, 0.6) is 0 Å². The second-order valence-corrected chi connectivity index (χ2v) is 15.5. The van der Waals surface area contributed by atoms with E-state index >= 15 is 0 Å². The summed E-state index contributed by atoms with van der Waals surface area (Å²) in [6.45, 7) is 0. The van der Waals surface area contributed by atoms with E-state index in [1.54, 1.807) is 0 Å². The van der Waals surface area contributed by atoms with Crippen molar-refractivity contribution in [3.63, 3.8) is 0 Å². The van der Waals surface area contributed by atoms with Crippen molar-refractivity contribution >= 4 is 43.7 Å². The number of aromatic nitrogens is 4. The molecule has 9 aromatic carbocycles. The summed E-state index contributed by atoms with van der Waals surface area (Å²) in [5.41, 5.74) is 14.3. The summed E-state index contributed by atoms with van der Waals surface area (Å²) < 4.78 is 9.04. The van der Waals surface area contributed by atoms with Crippen LogP contribution in [0.2, 0.25) is 0 Å². The van der Waals surface area contributed by atoms with Gasteiger partial charge in [-0.2, -0.15) is 0 Å². The molecule has 0 radical (unpaired) electrons. The number of benzene rings is 9. The number of furan rings is 1. The van der Waals surface area contributed by atoms with Crippen LogP contribution in [-0.4, -0.2) is 19.5 Å². The Kier molecular flexibility index (Phi) is 8.42. The number of hydrogen-bond donors (Lipinski definition) is 0. The van der Waals surface area contributed by atoms with Gasteiger partial charge in [0, 0.05) is 38.5 Å². The van der Waals surface area contributed by atoms with Gasteiger partial charge in [0.05, 0.1) is 16.4 Å². The first-order chi connectivity index (χ1) is 30.7. The minimum Gasteiger partial charge on any atom is -0.456 e. The predicted octanol–water partition coefficient (Wildman–Crippen LogP) is 14.9. The van der Waals surface area contributed by atoms with Crippen molar-refractivity contribution in [1.82, 2.24) is 19.5 Å². The van der Waals surface area contributed by atoms with E-state index in [2.05, 4.69) is 187 Å². The highest BCUT2D eigenvalue weighted by molar-refractivity contribution is 6.25. The zero-order chi connectivity index (χ0) is 41.0. The summed E-state index contributed by atoms with van der Waals surface area (Å²) in [6, 6.07) is 76.2. The smallest absolute Gasteiger partial charge is 0.164 e. The minimum atomic E-state index is 0.593. The maximum absolute atomic E-state index is 6.67. The molecule has 0 N–H and O–H groups in total. The third kappa shape index (κ3) is 5.98. The quantitative estimate of drug-likeness (QED) is 0.161. The number of fused-ring (bicyclic) bond motifs is 7. The molecule has 0 aliphatic rings. The molecule has 0 saturated carbocycles. The lowest BCUT2D eigenvalue weighted by Gasteiger charge is -2.16. The van der Waals surface area contributed by atoms with Gasteiger partial charge in [-0.3, -0.25) is 0 Å². The third-order valence-electron chi connectivity index (χ3n) is 11.9. The fraction of sp³-hybridized carbons (Fsp3) is 0. The molecular weight excluding hydrogens is 757 g/mol. The van der Waals surface area contributed by atoms with Crippen LogP contribution < -0.4 is 0 Å². The first kappa shape index (κ1) is 35.5. The Balaban J connectivity index is 1.13. The number of para-hydroxylation sites is 2. The van der Waals surface area contributed by atoms with E-state index < -0.39 is 0 Å². The van der Waals surface area contributed by atoms with Gasteiger partial charge in [-0.05, 0) is 81.9 Å². The Hall–Kier alpha value is -8.41. The fourth-order valence-electron chi connectivity index (χ4n) is 9.01. The second-order valence-electron chi connectivity index (χ2n) is 15.5. The second kappa shape index (κ2) is 14.7. The lowest BCUT2D eigenvalue weighted by molar-refractivity contribution is 0.669. The molecule has 0 saturated heterocycles. The van der Waals surface area contributed by atoms with Gasteiger partial charge in [0.25, 0.3) is 0 Å². The van der Waals surface area contributed by atoms with Crippen LogP contribution in [0.15, 0.2) is 223 Å². The molecule has 12 aromatic rings. The van der Waals surface area contributed by atoms with Crippen LogP contribution in [0, 0.1) is 0 Å². The van der Waals surface area contributed by atoms with Crippen molar-refractivity contribution in [2.45, 2.75) is 0 Å². The summed E-state index contributed by atoms with van der Waals surface area (Å²) in [4.78, 5) is 15.6. The molecule has 0 fully saturated rings. The molecule has 5 heteroatoms. The van der Waals surface area contributed by atoms with Crippen molar-refractivity contribution in [3.8, 4) is 73.2 Å². The van der Waals surface area contributed by atoms with Crippen LogP contribution in [0.1, 0.15) is 0 Å². The molecule has 0 bridgehead atoms. The van der Waals surface area contributed by atoms with Gasteiger partial charge in [0.1, 0.15) is 11.2 Å². The Morgan fingerprint density at radius 2 is 0.839 bits per heavy atom. The van der Waals surface area contributed by atoms with Crippen molar-refractivity contribution in [1.29, 1.82) is 0 Å². The summed E-state index contributed by atoms with van der Waals surface area (Å²) in [5.74, 6) is 1.82. The average molecular weight is 793 g/mol. The fourth-order valence-corrected chi connectivity index (χ4v) is 9.01. The van der Waals surface area contributed by atoms with Crippen molar-refractivity contribution in [3.05, 3.63) is 218 Å². The zero-order valence-electron chi connectivity index (χ0n) is 33.5. The molecule has 0 spiro atoms. The van der Waals surface area contributed by atoms with E-state index in [1.165, 1.54) is 10.8 Å². The standard InChI is InChI=1S/C57H36N4O/c1-5-17-37(18-6-1)43-25-13-14-26-44(43)40-29-31-45(48(35-40)57-59-55(38-19-7-2-8-20-38)58-56(60-57)39-21-9-3-10-22-39)41-30-33-51-49(36-41)53-52(62-51)34-32-47-46-27-15-16-28-50(46)61(54(47)53)42-23-11-4-12-24-42/h1-36H. The highest BCUT2D eigenvalue weighted by Crippen LogP contribution is 2.44. The van der Waals surface area contributed by atoms with Gasteiger partial charge in [-0.25, -0.2) is 15.0 Å². The van der Waals surface area contributed by atoms with Crippen LogP contribution in [0.4, 0.5) is 0 Å². The van der Waals surface area contributed by atoms with Gasteiger partial charge in [-0.15, -0.1) is 0 Å². The molecule has 12 rings (SSSR count). The van der Waals surface area contributed by atoms with Crippen LogP contribution in [-0.2, 0) is 0 Å². The molecule has 62 heavy (non-hydrogen) atoms. The largest absolute Gasteiger partial charge is 0.456 e. The molecule has 5 nitrogen and oxygen atoms in total. The van der Waals surface area contributed by atoms with Gasteiger partial charge in [0.15, 0.2) is 17.5 Å². The molecular formula is C57H36N4O. The summed E-state index contributed by atoms with van der Waals surface area (Å²) in [6.07, 6.45) is 0. The zero-order valence-corrected chi connectivity index (χ0v) is 33.5. The van der Waals surface area contributed by atoms with Gasteiger partial charge >= 0.3 is 0 Å². The van der Waals surface area contributed by atoms with Gasteiger partial charge in [-0.1, -0.05) is 170 Å². The van der Waals surface area contributed by atoms with Crippen LogP contribution >= 0.6 is 0 Å². The van der Waals surface area contributed by atoms with E-state index in [9.17, 15) is 0 Å². The maximum atomic E-state index is 6.67. The summed E-state index contributed by atoms with van der Waals surface area (Å²) in [7, 11) is 0. The van der Waals surface area contributed by atoms with Gasteiger partial charge < -0.3 is 8.98 Å². The topological polar surface area (TPSA) is 56.7 Å². The summed E-state index contributed by atoms with van der Waals surface area (Å²) in [5, 5.41) is 4.50. The Labute approximate surface area is 357 Å². The number of hydrogen-bond acceptors (Lipinski definition) is 4. The molecule has 3 aromatic heterocycles. The van der Waals surface area contributed by atoms with E-state index in [0.717, 1.165) is 88.7 Å². The SMILES string of the molecule is c1ccc(-c2nc(-c3ccccc3)nc(-c3cc(-c4ccccc4-c4ccccc4)ccc3-c3ccc4oc5ccc6c7ccccc7n(-c7ccccc7)c6c5c4c3)n2)cc1. The molecule has 290 valence electrons. The van der Waals surface area contributed by atoms with Gasteiger partial charge in [0.2, 0.25) is 0 Å². The number of nitrogens with zero attached hydrogens (tertiary/aromatic N) is 4. The van der Waals surface area contributed by atoms with E-state index in [1.807, 2.05) is 36.4 Å². The molecule has 0 aliphatic heterocycles. The molecule has 0 unspecified atom stereocenters. The maximum Gasteiger partial charge on any atom is 0.164 e. The predicted molar refractivity (Wildman–Crippen MR) is 254 cm³/mol. The van der Waals surface area contributed by atoms with Crippen LogP contribution in [0.25, 0.3) is 117 Å². The van der Waals surface area contributed by atoms with E-state index in [0.29, 0.717) is 17.5 Å². The molecule has 3 heterocycles. The van der Waals surface area contributed by atoms with E-state index in [-0.39, 0.29) is 0 Å².